The Morgan fingerprint density at radius 1 is 0.738 bits per heavy atom. The van der Waals surface area contributed by atoms with E-state index in [1.165, 1.54) is 5.57 Å². The minimum atomic E-state index is 0.680. The Kier molecular flexibility index (Phi) is 6.78. The van der Waals surface area contributed by atoms with E-state index in [-0.39, 0.29) is 0 Å². The molecule has 0 saturated heterocycles. The van der Waals surface area contributed by atoms with E-state index in [0.29, 0.717) is 11.6 Å². The van der Waals surface area contributed by atoms with Gasteiger partial charge in [0.2, 0.25) is 0 Å². The lowest BCUT2D eigenvalue weighted by molar-refractivity contribution is 0.482. The van der Waals surface area contributed by atoms with Crippen LogP contribution in [0.3, 0.4) is 0 Å². The lowest BCUT2D eigenvalue weighted by Gasteiger charge is -2.11. The van der Waals surface area contributed by atoms with E-state index in [2.05, 4.69) is 70.3 Å². The average Bonchev–Trinajstić information content (AvgIpc) is 3.68. The fourth-order valence-electron chi connectivity index (χ4n) is 5.34. The summed E-state index contributed by atoms with van der Waals surface area (Å²) in [5.74, 6) is 3.03. The van der Waals surface area contributed by atoms with E-state index in [4.69, 9.17) is 9.72 Å². The van der Waals surface area contributed by atoms with Crippen LogP contribution in [0.5, 0.6) is 11.5 Å². The largest absolute Gasteiger partial charge is 0.457 e. The summed E-state index contributed by atoms with van der Waals surface area (Å²) >= 11 is 0. The highest BCUT2D eigenvalue weighted by molar-refractivity contribution is 5.81. The molecular formula is C36H29N5O. The smallest absolute Gasteiger partial charge is 0.181 e. The van der Waals surface area contributed by atoms with Crippen LogP contribution in [0.25, 0.3) is 45.3 Å². The molecule has 0 atom stereocenters. The van der Waals surface area contributed by atoms with E-state index in [0.717, 1.165) is 58.2 Å². The van der Waals surface area contributed by atoms with Crippen LogP contribution < -0.4 is 4.74 Å². The van der Waals surface area contributed by atoms with Crippen LogP contribution >= 0.6 is 0 Å². The van der Waals surface area contributed by atoms with E-state index in [1.54, 1.807) is 11.0 Å². The third-order valence-corrected chi connectivity index (χ3v) is 7.39. The van der Waals surface area contributed by atoms with Gasteiger partial charge in [-0.3, -0.25) is 0 Å². The highest BCUT2D eigenvalue weighted by Crippen LogP contribution is 2.37. The molecule has 0 radical (unpaired) electrons. The number of rotatable bonds is 7. The average molecular weight is 548 g/mol. The SMILES string of the molecule is Cn1c(-c2cccc(Oc3cccc(-n4cnc(-c5ccccc5)n4)c3)c2)nc(C2=CC=CCC2)c1-c1ccccc1. The van der Waals surface area contributed by atoms with Crippen molar-refractivity contribution in [2.45, 2.75) is 12.8 Å². The lowest BCUT2D eigenvalue weighted by atomic mass is 9.98. The van der Waals surface area contributed by atoms with Crippen molar-refractivity contribution in [3.05, 3.63) is 139 Å². The molecule has 6 heteroatoms. The Bertz CT molecular complexity index is 1920. The van der Waals surface area contributed by atoms with Crippen molar-refractivity contribution < 1.29 is 4.74 Å². The molecule has 0 saturated carbocycles. The van der Waals surface area contributed by atoms with E-state index in [1.807, 2.05) is 78.9 Å². The van der Waals surface area contributed by atoms with Crippen molar-refractivity contribution in [1.82, 2.24) is 24.3 Å². The molecule has 1 aliphatic rings. The Morgan fingerprint density at radius 2 is 1.45 bits per heavy atom. The Hall–Kier alpha value is -5.49. The molecule has 0 bridgehead atoms. The molecule has 0 unspecified atom stereocenters. The summed E-state index contributed by atoms with van der Waals surface area (Å²) in [4.78, 5) is 9.68. The molecule has 7 rings (SSSR count). The van der Waals surface area contributed by atoms with Gasteiger partial charge >= 0.3 is 0 Å². The van der Waals surface area contributed by atoms with Crippen LogP contribution in [0.4, 0.5) is 0 Å². The van der Waals surface area contributed by atoms with Gasteiger partial charge in [0.15, 0.2) is 5.82 Å². The van der Waals surface area contributed by atoms with E-state index in [9.17, 15) is 0 Å². The second-order valence-electron chi connectivity index (χ2n) is 10.2. The fraction of sp³-hybridized carbons (Fsp3) is 0.0833. The Labute approximate surface area is 244 Å². The number of hydrogen-bond donors (Lipinski definition) is 0. The van der Waals surface area contributed by atoms with Crippen LogP contribution in [0, 0.1) is 0 Å². The second-order valence-corrected chi connectivity index (χ2v) is 10.2. The summed E-state index contributed by atoms with van der Waals surface area (Å²) < 4.78 is 10.3. The van der Waals surface area contributed by atoms with Crippen molar-refractivity contribution in [3.63, 3.8) is 0 Å². The van der Waals surface area contributed by atoms with Crippen LogP contribution in [-0.4, -0.2) is 24.3 Å². The van der Waals surface area contributed by atoms with Gasteiger partial charge in [-0.2, -0.15) is 0 Å². The first kappa shape index (κ1) is 25.5. The molecule has 42 heavy (non-hydrogen) atoms. The lowest BCUT2D eigenvalue weighted by Crippen LogP contribution is -1.97. The zero-order valence-electron chi connectivity index (χ0n) is 23.3. The molecule has 0 N–H and O–H groups in total. The predicted octanol–water partition coefficient (Wildman–Crippen LogP) is 8.53. The summed E-state index contributed by atoms with van der Waals surface area (Å²) in [5, 5.41) is 4.67. The summed E-state index contributed by atoms with van der Waals surface area (Å²) in [6.45, 7) is 0. The van der Waals surface area contributed by atoms with Crippen molar-refractivity contribution >= 4 is 5.57 Å². The van der Waals surface area contributed by atoms with Crippen molar-refractivity contribution in [3.8, 4) is 51.2 Å². The van der Waals surface area contributed by atoms with Gasteiger partial charge in [-0.15, -0.1) is 5.10 Å². The van der Waals surface area contributed by atoms with Crippen LogP contribution in [-0.2, 0) is 7.05 Å². The van der Waals surface area contributed by atoms with Crippen LogP contribution in [0.2, 0.25) is 0 Å². The highest BCUT2D eigenvalue weighted by Gasteiger charge is 2.21. The second kappa shape index (κ2) is 11.2. The number of ether oxygens (including phenoxy) is 1. The topological polar surface area (TPSA) is 57.8 Å². The van der Waals surface area contributed by atoms with Gasteiger partial charge in [0.05, 0.1) is 17.1 Å². The van der Waals surface area contributed by atoms with Gasteiger partial charge in [-0.05, 0) is 42.7 Å². The van der Waals surface area contributed by atoms with Crippen LogP contribution in [0.15, 0.2) is 134 Å². The fourth-order valence-corrected chi connectivity index (χ4v) is 5.34. The van der Waals surface area contributed by atoms with Gasteiger partial charge in [-0.25, -0.2) is 14.6 Å². The molecule has 6 aromatic rings. The standard InChI is InChI=1S/C36H29N5O/c1-40-34(27-15-7-3-8-16-27)33(26-13-5-2-6-14-26)38-36(40)29-19-11-21-31(23-29)42-32-22-12-20-30(24-32)41-25-37-35(39-41)28-17-9-4-10-18-28/h2-5,7-13,15-25H,6,14H2,1H3. The molecule has 2 aromatic heterocycles. The number of imidazole rings is 1. The highest BCUT2D eigenvalue weighted by atomic mass is 16.5. The summed E-state index contributed by atoms with van der Waals surface area (Å²) in [6, 6.07) is 36.4. The normalized spacial score (nSPS) is 12.7. The Morgan fingerprint density at radius 3 is 2.21 bits per heavy atom. The van der Waals surface area contributed by atoms with Gasteiger partial charge in [0.1, 0.15) is 23.7 Å². The number of benzene rings is 4. The van der Waals surface area contributed by atoms with Crippen molar-refractivity contribution in [1.29, 1.82) is 0 Å². The first-order valence-corrected chi connectivity index (χ1v) is 14.1. The summed E-state index contributed by atoms with van der Waals surface area (Å²) in [7, 11) is 2.09. The molecule has 2 heterocycles. The maximum atomic E-state index is 6.35. The molecule has 4 aromatic carbocycles. The molecule has 0 amide bonds. The molecule has 0 fully saturated rings. The van der Waals surface area contributed by atoms with Crippen LogP contribution in [0.1, 0.15) is 18.5 Å². The maximum Gasteiger partial charge on any atom is 0.181 e. The quantitative estimate of drug-likeness (QED) is 0.201. The van der Waals surface area contributed by atoms with E-state index < -0.39 is 0 Å². The van der Waals surface area contributed by atoms with Crippen molar-refractivity contribution in [2.75, 3.05) is 0 Å². The van der Waals surface area contributed by atoms with Gasteiger partial charge in [0, 0.05) is 29.8 Å². The van der Waals surface area contributed by atoms with Crippen molar-refractivity contribution in [2.24, 2.45) is 7.05 Å². The van der Waals surface area contributed by atoms with Gasteiger partial charge in [-0.1, -0.05) is 97.1 Å². The molecule has 0 spiro atoms. The first-order valence-electron chi connectivity index (χ1n) is 14.1. The third kappa shape index (κ3) is 5.06. The van der Waals surface area contributed by atoms with Gasteiger partial charge in [0.25, 0.3) is 0 Å². The van der Waals surface area contributed by atoms with E-state index >= 15 is 0 Å². The zero-order chi connectivity index (χ0) is 28.3. The molecule has 0 aliphatic heterocycles. The molecular weight excluding hydrogens is 518 g/mol. The third-order valence-electron chi connectivity index (χ3n) is 7.39. The predicted molar refractivity (Wildman–Crippen MR) is 167 cm³/mol. The summed E-state index contributed by atoms with van der Waals surface area (Å²) in [6.07, 6.45) is 10.2. The molecule has 204 valence electrons. The number of aromatic nitrogens is 5. The Balaban J connectivity index is 1.20. The molecule has 6 nitrogen and oxygen atoms in total. The number of nitrogens with zero attached hydrogens (tertiary/aromatic N) is 5. The minimum absolute atomic E-state index is 0.680. The number of hydrogen-bond acceptors (Lipinski definition) is 4. The first-order chi connectivity index (χ1) is 20.7. The minimum Gasteiger partial charge on any atom is -0.457 e. The number of allylic oxidation sites excluding steroid dienone is 4. The molecule has 1 aliphatic carbocycles. The zero-order valence-corrected chi connectivity index (χ0v) is 23.3. The maximum absolute atomic E-state index is 6.35. The van der Waals surface area contributed by atoms with Gasteiger partial charge < -0.3 is 9.30 Å². The monoisotopic (exact) mass is 547 g/mol. The summed E-state index contributed by atoms with van der Waals surface area (Å²) in [5.41, 5.74) is 7.39.